The van der Waals surface area contributed by atoms with E-state index >= 15 is 0 Å². The van der Waals surface area contributed by atoms with Gasteiger partial charge in [0.25, 0.3) is 0 Å². The van der Waals surface area contributed by atoms with Gasteiger partial charge in [0.15, 0.2) is 5.78 Å². The fourth-order valence-corrected chi connectivity index (χ4v) is 3.02. The maximum atomic E-state index is 12.4. The van der Waals surface area contributed by atoms with E-state index in [1.165, 1.54) is 5.56 Å². The van der Waals surface area contributed by atoms with E-state index in [4.69, 9.17) is 0 Å². The second-order valence-electron chi connectivity index (χ2n) is 5.99. The van der Waals surface area contributed by atoms with Crippen LogP contribution in [-0.4, -0.2) is 60.4 Å². The summed E-state index contributed by atoms with van der Waals surface area (Å²) in [6.45, 7) is 7.44. The van der Waals surface area contributed by atoms with Gasteiger partial charge in [0.1, 0.15) is 0 Å². The summed E-state index contributed by atoms with van der Waals surface area (Å²) in [5.41, 5.74) is 3.13. The zero-order valence-corrected chi connectivity index (χ0v) is 12.6. The average molecular weight is 287 g/mol. The predicted molar refractivity (Wildman–Crippen MR) is 80.6 cm³/mol. The van der Waals surface area contributed by atoms with E-state index in [0.717, 1.165) is 24.2 Å². The molecule has 1 aromatic rings. The summed E-state index contributed by atoms with van der Waals surface area (Å²) in [5, 5.41) is 2.86. The van der Waals surface area contributed by atoms with Crippen LogP contribution >= 0.6 is 0 Å². The van der Waals surface area contributed by atoms with Gasteiger partial charge in [0.2, 0.25) is 0 Å². The van der Waals surface area contributed by atoms with Crippen molar-refractivity contribution in [3.05, 3.63) is 34.9 Å². The smallest absolute Gasteiger partial charge is 0.317 e. The molecular weight excluding hydrogens is 266 g/mol. The third-order valence-corrected chi connectivity index (χ3v) is 4.51. The average Bonchev–Trinajstić information content (AvgIpc) is 2.83. The molecule has 1 unspecified atom stereocenters. The van der Waals surface area contributed by atoms with E-state index in [-0.39, 0.29) is 17.9 Å². The normalized spacial score (nSPS) is 22.1. The first-order chi connectivity index (χ1) is 10.0. The first-order valence-corrected chi connectivity index (χ1v) is 7.42. The molecule has 0 bridgehead atoms. The molecule has 1 atom stereocenters. The quantitative estimate of drug-likeness (QED) is 0.850. The summed E-state index contributed by atoms with van der Waals surface area (Å²) in [7, 11) is 0. The second kappa shape index (κ2) is 5.48. The van der Waals surface area contributed by atoms with Crippen molar-refractivity contribution >= 4 is 11.8 Å². The van der Waals surface area contributed by atoms with Gasteiger partial charge in [-0.1, -0.05) is 12.1 Å². The van der Waals surface area contributed by atoms with Crippen LogP contribution in [0.3, 0.4) is 0 Å². The number of aryl methyl sites for hydroxylation is 2. The zero-order valence-electron chi connectivity index (χ0n) is 12.6. The number of piperazine rings is 1. The number of hydrogen-bond acceptors (Lipinski definition) is 3. The molecular formula is C16H21N3O2. The molecule has 0 spiro atoms. The minimum absolute atomic E-state index is 0.0279. The number of carbonyl (C=O) groups excluding carboxylic acids is 2. The van der Waals surface area contributed by atoms with Gasteiger partial charge >= 0.3 is 6.03 Å². The van der Waals surface area contributed by atoms with Crippen molar-refractivity contribution in [2.24, 2.45) is 0 Å². The first kappa shape index (κ1) is 14.1. The molecule has 2 saturated heterocycles. The lowest BCUT2D eigenvalue weighted by Gasteiger charge is -2.35. The summed E-state index contributed by atoms with van der Waals surface area (Å²) < 4.78 is 0. The van der Waals surface area contributed by atoms with Gasteiger partial charge in [-0.3, -0.25) is 9.69 Å². The summed E-state index contributed by atoms with van der Waals surface area (Å²) in [4.78, 5) is 28.0. The molecule has 0 saturated carbocycles. The number of carbonyl (C=O) groups is 2. The molecule has 2 fully saturated rings. The van der Waals surface area contributed by atoms with Crippen LogP contribution in [0, 0.1) is 13.8 Å². The van der Waals surface area contributed by atoms with Crippen LogP contribution in [0.25, 0.3) is 0 Å². The van der Waals surface area contributed by atoms with E-state index in [0.29, 0.717) is 19.6 Å². The van der Waals surface area contributed by atoms with Gasteiger partial charge in [-0.2, -0.15) is 0 Å². The topological polar surface area (TPSA) is 52.7 Å². The second-order valence-corrected chi connectivity index (χ2v) is 5.99. The van der Waals surface area contributed by atoms with Crippen LogP contribution < -0.4 is 5.32 Å². The number of amides is 2. The standard InChI is InChI=1S/C16H21N3O2/c1-11-3-4-13(7-12(11)2)15(20)10-18-5-6-19-14(9-18)8-17-16(19)21/h3-4,7,14H,5-6,8-10H2,1-2H3,(H,17,21). The third-order valence-electron chi connectivity index (χ3n) is 4.51. The predicted octanol–water partition coefficient (Wildman–Crippen LogP) is 1.20. The van der Waals surface area contributed by atoms with E-state index in [1.54, 1.807) is 0 Å². The first-order valence-electron chi connectivity index (χ1n) is 7.42. The van der Waals surface area contributed by atoms with Crippen molar-refractivity contribution in [2.45, 2.75) is 19.9 Å². The van der Waals surface area contributed by atoms with Crippen LogP contribution in [0.1, 0.15) is 21.5 Å². The molecule has 112 valence electrons. The van der Waals surface area contributed by atoms with Crippen LogP contribution in [0.2, 0.25) is 0 Å². The molecule has 0 aliphatic carbocycles. The molecule has 0 radical (unpaired) electrons. The molecule has 2 aliphatic rings. The molecule has 2 aliphatic heterocycles. The number of urea groups is 1. The highest BCUT2D eigenvalue weighted by atomic mass is 16.2. The Bertz CT molecular complexity index is 585. The monoisotopic (exact) mass is 287 g/mol. The highest BCUT2D eigenvalue weighted by Crippen LogP contribution is 2.16. The minimum Gasteiger partial charge on any atom is -0.336 e. The number of nitrogens with one attached hydrogen (secondary N) is 1. The molecule has 2 amide bonds. The Kier molecular flexibility index (Phi) is 3.68. The molecule has 5 heteroatoms. The van der Waals surface area contributed by atoms with Crippen molar-refractivity contribution in [2.75, 3.05) is 32.7 Å². The van der Waals surface area contributed by atoms with E-state index in [1.807, 2.05) is 36.9 Å². The van der Waals surface area contributed by atoms with Gasteiger partial charge in [0, 0.05) is 31.7 Å². The van der Waals surface area contributed by atoms with Gasteiger partial charge in [-0.05, 0) is 31.0 Å². The Morgan fingerprint density at radius 2 is 2.10 bits per heavy atom. The maximum Gasteiger partial charge on any atom is 0.317 e. The summed E-state index contributed by atoms with van der Waals surface area (Å²) in [6.07, 6.45) is 0. The Balaban J connectivity index is 1.63. The molecule has 0 aromatic heterocycles. The maximum absolute atomic E-state index is 12.4. The Morgan fingerprint density at radius 1 is 1.29 bits per heavy atom. The van der Waals surface area contributed by atoms with Crippen molar-refractivity contribution in [3.8, 4) is 0 Å². The Hall–Kier alpha value is -1.88. The van der Waals surface area contributed by atoms with Crippen LogP contribution in [0.15, 0.2) is 18.2 Å². The fourth-order valence-electron chi connectivity index (χ4n) is 3.02. The number of benzene rings is 1. The molecule has 1 N–H and O–H groups in total. The number of fused-ring (bicyclic) bond motifs is 1. The molecule has 21 heavy (non-hydrogen) atoms. The summed E-state index contributed by atoms with van der Waals surface area (Å²) in [5.74, 6) is 0.156. The number of hydrogen-bond donors (Lipinski definition) is 1. The zero-order chi connectivity index (χ0) is 15.0. The minimum atomic E-state index is 0.0279. The van der Waals surface area contributed by atoms with E-state index < -0.39 is 0 Å². The SMILES string of the molecule is Cc1ccc(C(=O)CN2CCN3C(=O)NCC3C2)cc1C. The molecule has 5 nitrogen and oxygen atoms in total. The Morgan fingerprint density at radius 3 is 2.86 bits per heavy atom. The van der Waals surface area contributed by atoms with Crippen molar-refractivity contribution < 1.29 is 9.59 Å². The molecule has 2 heterocycles. The van der Waals surface area contributed by atoms with E-state index in [9.17, 15) is 9.59 Å². The number of ketones is 1. The van der Waals surface area contributed by atoms with Gasteiger partial charge < -0.3 is 10.2 Å². The fraction of sp³-hybridized carbons (Fsp3) is 0.500. The largest absolute Gasteiger partial charge is 0.336 e. The van der Waals surface area contributed by atoms with E-state index in [2.05, 4.69) is 10.2 Å². The number of Topliss-reactive ketones (excluding diaryl/α,β-unsaturated/α-hetero) is 1. The Labute approximate surface area is 124 Å². The number of nitrogens with zero attached hydrogens (tertiary/aromatic N) is 2. The van der Waals surface area contributed by atoms with Gasteiger partial charge in [-0.15, -0.1) is 0 Å². The summed E-state index contributed by atoms with van der Waals surface area (Å²) in [6, 6.07) is 6.11. The van der Waals surface area contributed by atoms with Crippen LogP contribution in [-0.2, 0) is 0 Å². The lowest BCUT2D eigenvalue weighted by atomic mass is 10.0. The van der Waals surface area contributed by atoms with Crippen molar-refractivity contribution in [1.29, 1.82) is 0 Å². The molecule has 3 rings (SSSR count). The molecule has 1 aromatic carbocycles. The van der Waals surface area contributed by atoms with Crippen LogP contribution in [0.4, 0.5) is 4.79 Å². The summed E-state index contributed by atoms with van der Waals surface area (Å²) >= 11 is 0. The highest BCUT2D eigenvalue weighted by Gasteiger charge is 2.35. The lowest BCUT2D eigenvalue weighted by molar-refractivity contribution is 0.0838. The number of rotatable bonds is 3. The van der Waals surface area contributed by atoms with Crippen molar-refractivity contribution in [3.63, 3.8) is 0 Å². The van der Waals surface area contributed by atoms with Gasteiger partial charge in [0.05, 0.1) is 12.6 Å². The van der Waals surface area contributed by atoms with Gasteiger partial charge in [-0.25, -0.2) is 4.79 Å². The third kappa shape index (κ3) is 2.78. The lowest BCUT2D eigenvalue weighted by Crippen LogP contribution is -2.53. The van der Waals surface area contributed by atoms with Crippen molar-refractivity contribution in [1.82, 2.24) is 15.1 Å². The van der Waals surface area contributed by atoms with Crippen LogP contribution in [0.5, 0.6) is 0 Å². The highest BCUT2D eigenvalue weighted by molar-refractivity contribution is 5.97.